The first-order valence-electron chi connectivity index (χ1n) is 10.1. The van der Waals surface area contributed by atoms with E-state index in [2.05, 4.69) is 10.2 Å². The lowest BCUT2D eigenvalue weighted by atomic mass is 9.96. The standard InChI is InChI=1S/C19H27N5O3S2/c1-22(15-6-3-2-4-7-15)29(26,27)24-11-9-23(10-12-24)19(25)17-14-16(20-21-17)18-8-5-13-28-18/h5,8,13-15H,2-4,6-7,9-12H2,1H3,(H,20,21). The maximum Gasteiger partial charge on any atom is 0.282 e. The van der Waals surface area contributed by atoms with Gasteiger partial charge in [0.1, 0.15) is 0 Å². The molecule has 0 aromatic carbocycles. The van der Waals surface area contributed by atoms with Crippen molar-refractivity contribution in [2.45, 2.75) is 38.1 Å². The average molecular weight is 438 g/mol. The Morgan fingerprint density at radius 3 is 2.59 bits per heavy atom. The number of hydrogen-bond acceptors (Lipinski definition) is 5. The van der Waals surface area contributed by atoms with Gasteiger partial charge in [0.15, 0.2) is 5.69 Å². The second-order valence-electron chi connectivity index (χ2n) is 7.65. The summed E-state index contributed by atoms with van der Waals surface area (Å²) < 4.78 is 29.0. The van der Waals surface area contributed by atoms with E-state index >= 15 is 0 Å². The molecule has 3 heterocycles. The topological polar surface area (TPSA) is 89.6 Å². The second-order valence-corrected chi connectivity index (χ2v) is 10.6. The molecule has 158 valence electrons. The molecule has 2 fully saturated rings. The third-order valence-corrected chi connectivity index (χ3v) is 8.84. The van der Waals surface area contributed by atoms with E-state index in [-0.39, 0.29) is 11.9 Å². The molecule has 0 radical (unpaired) electrons. The highest BCUT2D eigenvalue weighted by molar-refractivity contribution is 7.86. The lowest BCUT2D eigenvalue weighted by Gasteiger charge is -2.38. The van der Waals surface area contributed by atoms with Gasteiger partial charge in [-0.05, 0) is 30.4 Å². The zero-order chi connectivity index (χ0) is 20.4. The maximum absolute atomic E-state index is 13.0. The summed E-state index contributed by atoms with van der Waals surface area (Å²) in [5.41, 5.74) is 1.18. The van der Waals surface area contributed by atoms with Crippen molar-refractivity contribution in [2.24, 2.45) is 0 Å². The monoisotopic (exact) mass is 437 g/mol. The predicted molar refractivity (Wildman–Crippen MR) is 113 cm³/mol. The first-order valence-corrected chi connectivity index (χ1v) is 12.4. The quantitative estimate of drug-likeness (QED) is 0.778. The van der Waals surface area contributed by atoms with Crippen molar-refractivity contribution in [2.75, 3.05) is 33.2 Å². The number of carbonyl (C=O) groups is 1. The number of amides is 1. The Balaban J connectivity index is 1.37. The molecule has 10 heteroatoms. The summed E-state index contributed by atoms with van der Waals surface area (Å²) in [6, 6.07) is 5.77. The molecule has 0 atom stereocenters. The Labute approximate surface area is 175 Å². The molecule has 0 bridgehead atoms. The minimum absolute atomic E-state index is 0.0909. The molecule has 0 spiro atoms. The molecule has 1 N–H and O–H groups in total. The van der Waals surface area contributed by atoms with E-state index in [0.717, 1.165) is 36.3 Å². The van der Waals surface area contributed by atoms with E-state index in [1.807, 2.05) is 17.5 Å². The second kappa shape index (κ2) is 8.55. The highest BCUT2D eigenvalue weighted by atomic mass is 32.2. The molecular formula is C19H27N5O3S2. The first kappa shape index (κ1) is 20.5. The third-order valence-electron chi connectivity index (χ3n) is 5.89. The minimum Gasteiger partial charge on any atom is -0.335 e. The van der Waals surface area contributed by atoms with Gasteiger partial charge in [-0.15, -0.1) is 11.3 Å². The molecule has 1 saturated heterocycles. The van der Waals surface area contributed by atoms with E-state index in [4.69, 9.17) is 0 Å². The zero-order valence-corrected chi connectivity index (χ0v) is 18.2. The van der Waals surface area contributed by atoms with Gasteiger partial charge in [-0.2, -0.15) is 22.1 Å². The van der Waals surface area contributed by atoms with Crippen molar-refractivity contribution in [3.05, 3.63) is 29.3 Å². The van der Waals surface area contributed by atoms with Crippen molar-refractivity contribution >= 4 is 27.5 Å². The summed E-state index contributed by atoms with van der Waals surface area (Å²) in [6.45, 7) is 1.37. The van der Waals surface area contributed by atoms with Gasteiger partial charge in [0, 0.05) is 39.3 Å². The van der Waals surface area contributed by atoms with Crippen LogP contribution in [-0.2, 0) is 10.2 Å². The fraction of sp³-hybridized carbons (Fsp3) is 0.579. The summed E-state index contributed by atoms with van der Waals surface area (Å²) in [6.07, 6.45) is 5.22. The fourth-order valence-corrected chi connectivity index (χ4v) is 6.36. The predicted octanol–water partition coefficient (Wildman–Crippen LogP) is 2.41. The lowest BCUT2D eigenvalue weighted by Crippen LogP contribution is -2.55. The summed E-state index contributed by atoms with van der Waals surface area (Å²) in [4.78, 5) is 15.5. The number of hydrogen-bond donors (Lipinski definition) is 1. The maximum atomic E-state index is 13.0. The van der Waals surface area contributed by atoms with Crippen molar-refractivity contribution in [1.29, 1.82) is 0 Å². The number of nitrogens with zero attached hydrogens (tertiary/aromatic N) is 4. The minimum atomic E-state index is -3.49. The van der Waals surface area contributed by atoms with Gasteiger partial charge in [-0.25, -0.2) is 0 Å². The fourth-order valence-electron chi connectivity index (χ4n) is 4.09. The molecule has 4 rings (SSSR count). The molecule has 1 amide bonds. The Morgan fingerprint density at radius 2 is 1.93 bits per heavy atom. The number of piperazine rings is 1. The Hall–Kier alpha value is -1.75. The molecule has 2 aromatic heterocycles. The Bertz CT molecular complexity index is 927. The molecule has 1 aliphatic heterocycles. The van der Waals surface area contributed by atoms with E-state index < -0.39 is 10.2 Å². The van der Waals surface area contributed by atoms with Gasteiger partial charge < -0.3 is 4.90 Å². The summed E-state index contributed by atoms with van der Waals surface area (Å²) in [5, 5.41) is 9.04. The number of nitrogens with one attached hydrogen (secondary N) is 1. The van der Waals surface area contributed by atoms with Crippen LogP contribution < -0.4 is 0 Å². The number of rotatable bonds is 5. The van der Waals surface area contributed by atoms with E-state index in [0.29, 0.717) is 31.9 Å². The van der Waals surface area contributed by atoms with Crippen LogP contribution in [0.25, 0.3) is 10.6 Å². The summed E-state index contributed by atoms with van der Waals surface area (Å²) >= 11 is 1.58. The molecule has 8 nitrogen and oxygen atoms in total. The van der Waals surface area contributed by atoms with Crippen LogP contribution in [0.5, 0.6) is 0 Å². The first-order chi connectivity index (χ1) is 14.0. The van der Waals surface area contributed by atoms with Crippen molar-refractivity contribution in [3.8, 4) is 10.6 Å². The number of H-pyrrole nitrogens is 1. The van der Waals surface area contributed by atoms with E-state index in [1.165, 1.54) is 10.7 Å². The summed E-state index contributed by atoms with van der Waals surface area (Å²) in [7, 11) is -1.80. The van der Waals surface area contributed by atoms with Gasteiger partial charge >= 0.3 is 0 Å². The van der Waals surface area contributed by atoms with Crippen molar-refractivity contribution < 1.29 is 13.2 Å². The van der Waals surface area contributed by atoms with E-state index in [1.54, 1.807) is 33.7 Å². The van der Waals surface area contributed by atoms with Crippen molar-refractivity contribution in [3.63, 3.8) is 0 Å². The van der Waals surface area contributed by atoms with Crippen molar-refractivity contribution in [1.82, 2.24) is 23.7 Å². The largest absolute Gasteiger partial charge is 0.335 e. The molecular weight excluding hydrogens is 410 g/mol. The average Bonchev–Trinajstić information content (AvgIpc) is 3.45. The molecule has 29 heavy (non-hydrogen) atoms. The highest BCUT2D eigenvalue weighted by Gasteiger charge is 2.35. The number of aromatic nitrogens is 2. The van der Waals surface area contributed by atoms with Crippen LogP contribution in [0.1, 0.15) is 42.6 Å². The van der Waals surface area contributed by atoms with Gasteiger partial charge in [0.05, 0.1) is 10.6 Å². The van der Waals surface area contributed by atoms with Crippen LogP contribution in [0.4, 0.5) is 0 Å². The third kappa shape index (κ3) is 4.25. The van der Waals surface area contributed by atoms with Crippen LogP contribution in [0.2, 0.25) is 0 Å². The Morgan fingerprint density at radius 1 is 1.21 bits per heavy atom. The van der Waals surface area contributed by atoms with Gasteiger partial charge in [-0.1, -0.05) is 25.3 Å². The van der Waals surface area contributed by atoms with Crippen LogP contribution in [0.15, 0.2) is 23.6 Å². The van der Waals surface area contributed by atoms with Gasteiger partial charge in [0.2, 0.25) is 0 Å². The number of thiophene rings is 1. The molecule has 2 aromatic rings. The van der Waals surface area contributed by atoms with E-state index in [9.17, 15) is 13.2 Å². The molecule has 1 aliphatic carbocycles. The molecule has 2 aliphatic rings. The van der Waals surface area contributed by atoms with Crippen LogP contribution >= 0.6 is 11.3 Å². The Kier molecular flexibility index (Phi) is 6.05. The smallest absolute Gasteiger partial charge is 0.282 e. The normalized spacial score (nSPS) is 19.7. The summed E-state index contributed by atoms with van der Waals surface area (Å²) in [5.74, 6) is -0.165. The highest BCUT2D eigenvalue weighted by Crippen LogP contribution is 2.26. The van der Waals surface area contributed by atoms with Crippen LogP contribution in [0.3, 0.4) is 0 Å². The lowest BCUT2D eigenvalue weighted by molar-refractivity contribution is 0.0687. The number of aromatic amines is 1. The van der Waals surface area contributed by atoms with Crippen LogP contribution in [0, 0.1) is 0 Å². The SMILES string of the molecule is CN(C1CCCCC1)S(=O)(=O)N1CCN(C(=O)c2cc(-c3cccs3)[nH]n2)CC1. The zero-order valence-electron chi connectivity index (χ0n) is 16.6. The van der Waals surface area contributed by atoms with Gasteiger partial charge in [0.25, 0.3) is 16.1 Å². The number of carbonyl (C=O) groups excluding carboxylic acids is 1. The molecule has 1 saturated carbocycles. The van der Waals surface area contributed by atoms with Gasteiger partial charge in [-0.3, -0.25) is 9.89 Å². The molecule has 0 unspecified atom stereocenters. The van der Waals surface area contributed by atoms with Crippen LogP contribution in [-0.4, -0.2) is 77.3 Å².